The summed E-state index contributed by atoms with van der Waals surface area (Å²) in [5, 5.41) is 6.29. The highest BCUT2D eigenvalue weighted by molar-refractivity contribution is 5.96. The Labute approximate surface area is 212 Å². The van der Waals surface area contributed by atoms with Crippen molar-refractivity contribution in [1.82, 2.24) is 25.1 Å². The molecule has 0 radical (unpaired) electrons. The standard InChI is InChI=1S/C26H35N7O3/c1-19(2)30-21-6-3-10-27-24(21)32-14-16-33(17-15-32)26(36)22-9-8-20(18-29-22)25(35)28-11-5-13-31-12-4-7-23(31)34/h3,6,8-10,18-19,30H,4-5,7,11-17H2,1-2H3,(H,28,35). The molecule has 4 rings (SSSR count). The Morgan fingerprint density at radius 2 is 1.86 bits per heavy atom. The van der Waals surface area contributed by atoms with Crippen molar-refractivity contribution >= 4 is 29.2 Å². The quantitative estimate of drug-likeness (QED) is 0.514. The molecule has 0 saturated carbocycles. The van der Waals surface area contributed by atoms with Crippen LogP contribution in [0.25, 0.3) is 0 Å². The summed E-state index contributed by atoms with van der Waals surface area (Å²) in [5.41, 5.74) is 1.73. The molecule has 2 aliphatic heterocycles. The Kier molecular flexibility index (Phi) is 8.35. The van der Waals surface area contributed by atoms with E-state index < -0.39 is 0 Å². The third kappa shape index (κ3) is 6.30. The zero-order valence-electron chi connectivity index (χ0n) is 21.1. The van der Waals surface area contributed by atoms with Gasteiger partial charge >= 0.3 is 0 Å². The normalized spacial score (nSPS) is 16.0. The number of carbonyl (C=O) groups is 3. The van der Waals surface area contributed by atoms with Crippen LogP contribution in [0.5, 0.6) is 0 Å². The average molecular weight is 494 g/mol. The molecule has 0 atom stereocenters. The summed E-state index contributed by atoms with van der Waals surface area (Å²) in [6.07, 6.45) is 5.48. The van der Waals surface area contributed by atoms with Gasteiger partial charge in [0.15, 0.2) is 5.82 Å². The van der Waals surface area contributed by atoms with E-state index in [-0.39, 0.29) is 17.7 Å². The SMILES string of the molecule is CC(C)Nc1cccnc1N1CCN(C(=O)c2ccc(C(=O)NCCCN3CCCC3=O)cn2)CC1. The molecule has 0 aromatic carbocycles. The number of piperazine rings is 1. The highest BCUT2D eigenvalue weighted by atomic mass is 16.2. The molecule has 2 N–H and O–H groups in total. The average Bonchev–Trinajstić information content (AvgIpc) is 3.30. The minimum Gasteiger partial charge on any atom is -0.380 e. The van der Waals surface area contributed by atoms with Gasteiger partial charge in [-0.1, -0.05) is 0 Å². The Balaban J connectivity index is 1.25. The van der Waals surface area contributed by atoms with Gasteiger partial charge in [0.2, 0.25) is 5.91 Å². The number of rotatable bonds is 9. The summed E-state index contributed by atoms with van der Waals surface area (Å²) in [6.45, 7) is 8.63. The Hall–Kier alpha value is -3.69. The first-order valence-electron chi connectivity index (χ1n) is 12.7. The monoisotopic (exact) mass is 493 g/mol. The van der Waals surface area contributed by atoms with Crippen LogP contribution < -0.4 is 15.5 Å². The molecule has 2 fully saturated rings. The molecule has 2 aromatic rings. The first-order valence-corrected chi connectivity index (χ1v) is 12.7. The second kappa shape index (κ2) is 11.8. The molecule has 2 saturated heterocycles. The smallest absolute Gasteiger partial charge is 0.272 e. The molecule has 10 nitrogen and oxygen atoms in total. The lowest BCUT2D eigenvalue weighted by Crippen LogP contribution is -2.49. The van der Waals surface area contributed by atoms with Crippen molar-refractivity contribution < 1.29 is 14.4 Å². The maximum Gasteiger partial charge on any atom is 0.272 e. The van der Waals surface area contributed by atoms with Crippen molar-refractivity contribution in [2.24, 2.45) is 0 Å². The predicted octanol–water partition coefficient (Wildman–Crippen LogP) is 2.00. The minimum atomic E-state index is -0.232. The lowest BCUT2D eigenvalue weighted by atomic mass is 10.2. The van der Waals surface area contributed by atoms with Crippen molar-refractivity contribution in [2.45, 2.75) is 39.2 Å². The van der Waals surface area contributed by atoms with Crippen LogP contribution in [0.15, 0.2) is 36.7 Å². The Morgan fingerprint density at radius 3 is 2.53 bits per heavy atom. The van der Waals surface area contributed by atoms with E-state index in [4.69, 9.17) is 0 Å². The van der Waals surface area contributed by atoms with Crippen molar-refractivity contribution in [2.75, 3.05) is 56.0 Å². The summed E-state index contributed by atoms with van der Waals surface area (Å²) in [6, 6.07) is 7.48. The number of carbonyl (C=O) groups excluding carboxylic acids is 3. The molecular formula is C26H35N7O3. The summed E-state index contributed by atoms with van der Waals surface area (Å²) in [4.78, 5) is 51.7. The Morgan fingerprint density at radius 1 is 1.06 bits per heavy atom. The van der Waals surface area contributed by atoms with Gasteiger partial charge < -0.3 is 25.3 Å². The van der Waals surface area contributed by atoms with Crippen molar-refractivity contribution in [3.05, 3.63) is 47.9 Å². The third-order valence-electron chi connectivity index (χ3n) is 6.40. The molecule has 0 unspecified atom stereocenters. The number of amides is 3. The van der Waals surface area contributed by atoms with Crippen LogP contribution in [0.3, 0.4) is 0 Å². The molecule has 36 heavy (non-hydrogen) atoms. The van der Waals surface area contributed by atoms with E-state index >= 15 is 0 Å². The maximum atomic E-state index is 13.0. The molecule has 2 aromatic heterocycles. The molecule has 2 aliphatic rings. The number of hydrogen-bond donors (Lipinski definition) is 2. The van der Waals surface area contributed by atoms with Gasteiger partial charge in [0.05, 0.1) is 11.3 Å². The predicted molar refractivity (Wildman–Crippen MR) is 138 cm³/mol. The van der Waals surface area contributed by atoms with Gasteiger partial charge in [-0.05, 0) is 51.0 Å². The van der Waals surface area contributed by atoms with E-state index in [0.717, 1.165) is 24.5 Å². The fourth-order valence-corrected chi connectivity index (χ4v) is 4.53. The van der Waals surface area contributed by atoms with E-state index in [9.17, 15) is 14.4 Å². The second-order valence-corrected chi connectivity index (χ2v) is 9.48. The van der Waals surface area contributed by atoms with E-state index in [1.54, 1.807) is 23.2 Å². The van der Waals surface area contributed by atoms with Crippen LogP contribution in [0, 0.1) is 0 Å². The topological polar surface area (TPSA) is 111 Å². The Bertz CT molecular complexity index is 1070. The van der Waals surface area contributed by atoms with Crippen LogP contribution >= 0.6 is 0 Å². The van der Waals surface area contributed by atoms with Gasteiger partial charge in [-0.25, -0.2) is 4.98 Å². The van der Waals surface area contributed by atoms with Crippen LogP contribution in [-0.2, 0) is 4.79 Å². The van der Waals surface area contributed by atoms with Gasteiger partial charge in [-0.3, -0.25) is 19.4 Å². The van der Waals surface area contributed by atoms with E-state index in [1.165, 1.54) is 6.20 Å². The summed E-state index contributed by atoms with van der Waals surface area (Å²) in [5.74, 6) is 0.720. The van der Waals surface area contributed by atoms with Gasteiger partial charge in [0, 0.05) is 70.7 Å². The second-order valence-electron chi connectivity index (χ2n) is 9.48. The molecule has 3 amide bonds. The highest BCUT2D eigenvalue weighted by Gasteiger charge is 2.25. The fourth-order valence-electron chi connectivity index (χ4n) is 4.53. The number of nitrogens with one attached hydrogen (secondary N) is 2. The van der Waals surface area contributed by atoms with Crippen LogP contribution in [-0.4, -0.2) is 89.3 Å². The van der Waals surface area contributed by atoms with Gasteiger partial charge in [0.1, 0.15) is 5.69 Å². The highest BCUT2D eigenvalue weighted by Crippen LogP contribution is 2.24. The largest absolute Gasteiger partial charge is 0.380 e. The number of nitrogens with zero attached hydrogens (tertiary/aromatic N) is 5. The van der Waals surface area contributed by atoms with Crippen molar-refractivity contribution in [3.63, 3.8) is 0 Å². The molecular weight excluding hydrogens is 458 g/mol. The first kappa shape index (κ1) is 25.4. The van der Waals surface area contributed by atoms with Gasteiger partial charge in [-0.2, -0.15) is 0 Å². The lowest BCUT2D eigenvalue weighted by molar-refractivity contribution is -0.127. The minimum absolute atomic E-state index is 0.140. The zero-order valence-corrected chi connectivity index (χ0v) is 21.1. The number of hydrogen-bond acceptors (Lipinski definition) is 7. The number of pyridine rings is 2. The first-order chi connectivity index (χ1) is 17.4. The molecule has 0 aliphatic carbocycles. The number of likely N-dealkylation sites (tertiary alicyclic amines) is 1. The summed E-state index contributed by atoms with van der Waals surface area (Å²) < 4.78 is 0. The number of aromatic nitrogens is 2. The number of anilines is 2. The van der Waals surface area contributed by atoms with E-state index in [1.807, 2.05) is 17.0 Å². The van der Waals surface area contributed by atoms with Gasteiger partial charge in [0.25, 0.3) is 11.8 Å². The molecule has 10 heteroatoms. The molecule has 0 bridgehead atoms. The summed E-state index contributed by atoms with van der Waals surface area (Å²) in [7, 11) is 0. The lowest BCUT2D eigenvalue weighted by Gasteiger charge is -2.36. The van der Waals surface area contributed by atoms with Crippen LogP contribution in [0.4, 0.5) is 11.5 Å². The van der Waals surface area contributed by atoms with Crippen LogP contribution in [0.2, 0.25) is 0 Å². The molecule has 4 heterocycles. The van der Waals surface area contributed by atoms with E-state index in [2.05, 4.69) is 39.3 Å². The van der Waals surface area contributed by atoms with Gasteiger partial charge in [-0.15, -0.1) is 0 Å². The van der Waals surface area contributed by atoms with E-state index in [0.29, 0.717) is 69.4 Å². The summed E-state index contributed by atoms with van der Waals surface area (Å²) >= 11 is 0. The molecule has 0 spiro atoms. The zero-order chi connectivity index (χ0) is 25.5. The maximum absolute atomic E-state index is 13.0. The van der Waals surface area contributed by atoms with Crippen molar-refractivity contribution in [1.29, 1.82) is 0 Å². The van der Waals surface area contributed by atoms with Crippen LogP contribution in [0.1, 0.15) is 54.0 Å². The van der Waals surface area contributed by atoms with Crippen molar-refractivity contribution in [3.8, 4) is 0 Å². The third-order valence-corrected chi connectivity index (χ3v) is 6.40. The fraction of sp³-hybridized carbons (Fsp3) is 0.500. The molecule has 192 valence electrons.